The van der Waals surface area contributed by atoms with E-state index in [0.717, 1.165) is 11.4 Å². The molecule has 2 N–H and O–H groups in total. The number of nitrogens with zero attached hydrogens (tertiary/aromatic N) is 5. The third-order valence-electron chi connectivity index (χ3n) is 2.94. The van der Waals surface area contributed by atoms with Gasteiger partial charge in [-0.25, -0.2) is 4.68 Å². The molecule has 1 unspecified atom stereocenters. The minimum atomic E-state index is -0.0142. The standard InChI is InChI=1S/C12H19N7O/c1-8(6-11-7-9(2)14-16-11)13-12(20)4-5-19-10(3)15-17-18-19/h7-8H,4-6H2,1-3H3,(H,13,20)(H,14,16). The van der Waals surface area contributed by atoms with Gasteiger partial charge >= 0.3 is 0 Å². The number of carbonyl (C=O) groups is 1. The summed E-state index contributed by atoms with van der Waals surface area (Å²) in [5.74, 6) is 0.692. The number of rotatable bonds is 6. The molecule has 2 aromatic rings. The topological polar surface area (TPSA) is 101 Å². The molecule has 0 saturated heterocycles. The van der Waals surface area contributed by atoms with Gasteiger partial charge in [0, 0.05) is 24.6 Å². The second-order valence-corrected chi connectivity index (χ2v) is 4.91. The van der Waals surface area contributed by atoms with E-state index in [1.54, 1.807) is 11.6 Å². The molecule has 0 aromatic carbocycles. The van der Waals surface area contributed by atoms with E-state index in [-0.39, 0.29) is 11.9 Å². The second kappa shape index (κ2) is 6.27. The Balaban J connectivity index is 1.75. The number of nitrogens with one attached hydrogen (secondary N) is 2. The largest absolute Gasteiger partial charge is 0.353 e. The van der Waals surface area contributed by atoms with Gasteiger partial charge in [0.15, 0.2) is 0 Å². The SMILES string of the molecule is Cc1cc(CC(C)NC(=O)CCn2nnnc2C)n[nH]1. The molecule has 0 aliphatic heterocycles. The van der Waals surface area contributed by atoms with Crippen molar-refractivity contribution in [2.75, 3.05) is 0 Å². The molecule has 20 heavy (non-hydrogen) atoms. The molecule has 108 valence electrons. The maximum absolute atomic E-state index is 11.8. The van der Waals surface area contributed by atoms with Gasteiger partial charge in [0.2, 0.25) is 5.91 Å². The third-order valence-corrected chi connectivity index (χ3v) is 2.94. The van der Waals surface area contributed by atoms with Gasteiger partial charge in [0.05, 0.1) is 12.2 Å². The lowest BCUT2D eigenvalue weighted by Gasteiger charge is -2.12. The molecule has 8 heteroatoms. The minimum Gasteiger partial charge on any atom is -0.353 e. The van der Waals surface area contributed by atoms with Crippen LogP contribution in [-0.4, -0.2) is 42.4 Å². The number of tetrazole rings is 1. The highest BCUT2D eigenvalue weighted by Gasteiger charge is 2.11. The molecule has 0 radical (unpaired) electrons. The van der Waals surface area contributed by atoms with Gasteiger partial charge in [-0.2, -0.15) is 5.10 Å². The highest BCUT2D eigenvalue weighted by atomic mass is 16.1. The molecule has 0 bridgehead atoms. The lowest BCUT2D eigenvalue weighted by atomic mass is 10.1. The summed E-state index contributed by atoms with van der Waals surface area (Å²) in [5, 5.41) is 21.1. The van der Waals surface area contributed by atoms with E-state index in [1.165, 1.54) is 0 Å². The Kier molecular flexibility index (Phi) is 4.44. The van der Waals surface area contributed by atoms with Crippen molar-refractivity contribution in [1.29, 1.82) is 0 Å². The van der Waals surface area contributed by atoms with E-state index < -0.39 is 0 Å². The zero-order valence-electron chi connectivity index (χ0n) is 11.9. The van der Waals surface area contributed by atoms with Gasteiger partial charge < -0.3 is 5.32 Å². The first-order valence-corrected chi connectivity index (χ1v) is 6.57. The van der Waals surface area contributed by atoms with Gasteiger partial charge in [0.25, 0.3) is 0 Å². The average Bonchev–Trinajstić information content (AvgIpc) is 2.96. The highest BCUT2D eigenvalue weighted by Crippen LogP contribution is 2.02. The third kappa shape index (κ3) is 3.87. The highest BCUT2D eigenvalue weighted by molar-refractivity contribution is 5.76. The quantitative estimate of drug-likeness (QED) is 0.782. The van der Waals surface area contributed by atoms with Gasteiger partial charge in [-0.3, -0.25) is 9.89 Å². The van der Waals surface area contributed by atoms with Crippen molar-refractivity contribution < 1.29 is 4.79 Å². The van der Waals surface area contributed by atoms with E-state index >= 15 is 0 Å². The molecular formula is C12H19N7O. The molecule has 0 spiro atoms. The fraction of sp³-hybridized carbons (Fsp3) is 0.583. The van der Waals surface area contributed by atoms with Crippen LogP contribution in [0, 0.1) is 13.8 Å². The summed E-state index contributed by atoms with van der Waals surface area (Å²) in [7, 11) is 0. The Hall–Kier alpha value is -2.25. The van der Waals surface area contributed by atoms with E-state index in [4.69, 9.17) is 0 Å². The van der Waals surface area contributed by atoms with Gasteiger partial charge in [0.1, 0.15) is 5.82 Å². The summed E-state index contributed by atoms with van der Waals surface area (Å²) >= 11 is 0. The van der Waals surface area contributed by atoms with Gasteiger partial charge in [-0.15, -0.1) is 5.10 Å². The van der Waals surface area contributed by atoms with E-state index in [2.05, 4.69) is 31.0 Å². The summed E-state index contributed by atoms with van der Waals surface area (Å²) < 4.78 is 1.61. The van der Waals surface area contributed by atoms with Crippen LogP contribution in [0.15, 0.2) is 6.07 Å². The van der Waals surface area contributed by atoms with Crippen LogP contribution in [-0.2, 0) is 17.8 Å². The van der Waals surface area contributed by atoms with Crippen LogP contribution in [0.25, 0.3) is 0 Å². The van der Waals surface area contributed by atoms with Crippen LogP contribution in [0.1, 0.15) is 30.6 Å². The Morgan fingerprint density at radius 3 is 2.90 bits per heavy atom. The van der Waals surface area contributed by atoms with Crippen molar-refractivity contribution in [3.8, 4) is 0 Å². The molecule has 2 heterocycles. The molecule has 2 rings (SSSR count). The predicted molar refractivity (Wildman–Crippen MR) is 71.8 cm³/mol. The molecule has 1 atom stereocenters. The normalized spacial score (nSPS) is 12.3. The first-order chi connectivity index (χ1) is 9.54. The lowest BCUT2D eigenvalue weighted by Crippen LogP contribution is -2.34. The van der Waals surface area contributed by atoms with Crippen molar-refractivity contribution in [3.63, 3.8) is 0 Å². The maximum atomic E-state index is 11.8. The van der Waals surface area contributed by atoms with Crippen molar-refractivity contribution in [1.82, 2.24) is 35.7 Å². The number of H-pyrrole nitrogens is 1. The first kappa shape index (κ1) is 14.2. The molecule has 0 aliphatic carbocycles. The van der Waals surface area contributed by atoms with E-state index in [1.807, 2.05) is 19.9 Å². The molecule has 8 nitrogen and oxygen atoms in total. The summed E-state index contributed by atoms with van der Waals surface area (Å²) in [6.07, 6.45) is 1.07. The number of amides is 1. The van der Waals surface area contributed by atoms with Crippen molar-refractivity contribution in [2.45, 2.75) is 46.2 Å². The maximum Gasteiger partial charge on any atom is 0.222 e. The molecule has 0 aliphatic rings. The number of aromatic amines is 1. The van der Waals surface area contributed by atoms with Crippen LogP contribution in [0.2, 0.25) is 0 Å². The van der Waals surface area contributed by atoms with Crippen LogP contribution in [0.5, 0.6) is 0 Å². The molecular weight excluding hydrogens is 258 g/mol. The van der Waals surface area contributed by atoms with Crippen molar-refractivity contribution in [3.05, 3.63) is 23.3 Å². The Morgan fingerprint density at radius 2 is 2.30 bits per heavy atom. The molecule has 2 aromatic heterocycles. The lowest BCUT2D eigenvalue weighted by molar-refractivity contribution is -0.121. The monoisotopic (exact) mass is 277 g/mol. The van der Waals surface area contributed by atoms with Crippen LogP contribution < -0.4 is 5.32 Å². The Labute approximate surface area is 117 Å². The zero-order chi connectivity index (χ0) is 14.5. The number of hydrogen-bond acceptors (Lipinski definition) is 5. The zero-order valence-corrected chi connectivity index (χ0v) is 11.9. The fourth-order valence-electron chi connectivity index (χ4n) is 1.95. The molecule has 0 fully saturated rings. The predicted octanol–water partition coefficient (Wildman–Crippen LogP) is 0.151. The summed E-state index contributed by atoms with van der Waals surface area (Å²) in [6.45, 7) is 6.21. The number of carbonyl (C=O) groups excluding carboxylic acids is 1. The minimum absolute atomic E-state index is 0.0142. The van der Waals surface area contributed by atoms with Crippen LogP contribution in [0.4, 0.5) is 0 Å². The average molecular weight is 277 g/mol. The second-order valence-electron chi connectivity index (χ2n) is 4.91. The van der Waals surface area contributed by atoms with Crippen molar-refractivity contribution >= 4 is 5.91 Å². The van der Waals surface area contributed by atoms with Gasteiger partial charge in [-0.1, -0.05) is 0 Å². The fourth-order valence-corrected chi connectivity index (χ4v) is 1.95. The van der Waals surface area contributed by atoms with E-state index in [0.29, 0.717) is 25.2 Å². The Bertz CT molecular complexity index is 574. The number of aromatic nitrogens is 6. The number of hydrogen-bond donors (Lipinski definition) is 2. The molecule has 1 amide bonds. The van der Waals surface area contributed by atoms with Crippen LogP contribution >= 0.6 is 0 Å². The number of aryl methyl sites for hydroxylation is 3. The smallest absolute Gasteiger partial charge is 0.222 e. The summed E-state index contributed by atoms with van der Waals surface area (Å²) in [6, 6.07) is 2.02. The first-order valence-electron chi connectivity index (χ1n) is 6.57. The summed E-state index contributed by atoms with van der Waals surface area (Å²) in [4.78, 5) is 11.8. The van der Waals surface area contributed by atoms with Gasteiger partial charge in [-0.05, 0) is 37.3 Å². The van der Waals surface area contributed by atoms with E-state index in [9.17, 15) is 4.79 Å². The van der Waals surface area contributed by atoms with Crippen molar-refractivity contribution in [2.24, 2.45) is 0 Å². The molecule has 0 saturated carbocycles. The Morgan fingerprint density at radius 1 is 1.50 bits per heavy atom. The summed E-state index contributed by atoms with van der Waals surface area (Å²) in [5.41, 5.74) is 1.97. The van der Waals surface area contributed by atoms with Crippen LogP contribution in [0.3, 0.4) is 0 Å².